The maximum absolute atomic E-state index is 13.0. The lowest BCUT2D eigenvalue weighted by Crippen LogP contribution is -2.34. The van der Waals surface area contributed by atoms with E-state index in [1.165, 1.54) is 12.1 Å². The molecule has 5 heteroatoms. The first-order valence-corrected chi connectivity index (χ1v) is 8.01. The number of hydrogen-bond acceptors (Lipinski definition) is 3. The van der Waals surface area contributed by atoms with E-state index < -0.39 is 0 Å². The summed E-state index contributed by atoms with van der Waals surface area (Å²) in [7, 11) is 0. The van der Waals surface area contributed by atoms with Crippen LogP contribution in [0.5, 0.6) is 5.75 Å². The van der Waals surface area contributed by atoms with E-state index in [0.29, 0.717) is 37.2 Å². The highest BCUT2D eigenvalue weighted by molar-refractivity contribution is 5.76. The molecule has 1 unspecified atom stereocenters. The smallest absolute Gasteiger partial charge is 0.220 e. The van der Waals surface area contributed by atoms with Crippen LogP contribution in [0.25, 0.3) is 0 Å². The van der Waals surface area contributed by atoms with Crippen LogP contribution >= 0.6 is 0 Å². The predicted molar refractivity (Wildman–Crippen MR) is 84.3 cm³/mol. The van der Waals surface area contributed by atoms with Gasteiger partial charge in [-0.05, 0) is 49.9 Å². The van der Waals surface area contributed by atoms with Gasteiger partial charge in [0.2, 0.25) is 5.91 Å². The Morgan fingerprint density at radius 1 is 1.45 bits per heavy atom. The van der Waals surface area contributed by atoms with E-state index in [0.717, 1.165) is 25.9 Å². The average Bonchev–Trinajstić information content (AvgIpc) is 2.52. The normalized spacial score (nSPS) is 17.0. The second-order valence-electron chi connectivity index (χ2n) is 5.92. The molecule has 1 amide bonds. The van der Waals surface area contributed by atoms with Gasteiger partial charge >= 0.3 is 0 Å². The lowest BCUT2D eigenvalue weighted by molar-refractivity contribution is -0.122. The highest BCUT2D eigenvalue weighted by atomic mass is 19.1. The van der Waals surface area contributed by atoms with Crippen molar-refractivity contribution in [2.45, 2.75) is 26.2 Å². The van der Waals surface area contributed by atoms with Gasteiger partial charge < -0.3 is 15.4 Å². The Balaban J connectivity index is 1.61. The van der Waals surface area contributed by atoms with Crippen LogP contribution in [0.3, 0.4) is 0 Å². The third kappa shape index (κ3) is 5.64. The molecule has 1 atom stereocenters. The molecule has 1 saturated heterocycles. The second-order valence-corrected chi connectivity index (χ2v) is 5.92. The standard InChI is InChI=1S/C17H25FN2O2/c1-13(14-5-7-19-8-6-14)11-17(21)20-9-10-22-16-4-2-3-15(18)12-16/h2-4,12-14,19H,5-11H2,1H3,(H,20,21). The molecule has 0 aromatic heterocycles. The first-order chi connectivity index (χ1) is 10.6. The van der Waals surface area contributed by atoms with Crippen molar-refractivity contribution in [2.24, 2.45) is 11.8 Å². The summed E-state index contributed by atoms with van der Waals surface area (Å²) >= 11 is 0. The van der Waals surface area contributed by atoms with Crippen molar-refractivity contribution in [2.75, 3.05) is 26.2 Å². The Labute approximate surface area is 131 Å². The third-order valence-corrected chi connectivity index (χ3v) is 4.18. The van der Waals surface area contributed by atoms with Gasteiger partial charge in [-0.2, -0.15) is 0 Å². The zero-order chi connectivity index (χ0) is 15.8. The molecule has 4 nitrogen and oxygen atoms in total. The van der Waals surface area contributed by atoms with Crippen molar-refractivity contribution in [1.29, 1.82) is 0 Å². The Morgan fingerprint density at radius 3 is 2.95 bits per heavy atom. The van der Waals surface area contributed by atoms with E-state index in [1.807, 2.05) is 0 Å². The zero-order valence-electron chi connectivity index (χ0n) is 13.1. The van der Waals surface area contributed by atoms with Crippen LogP contribution in [0.15, 0.2) is 24.3 Å². The molecule has 0 saturated carbocycles. The number of benzene rings is 1. The van der Waals surface area contributed by atoms with E-state index in [-0.39, 0.29) is 11.7 Å². The second kappa shape index (κ2) is 8.73. The molecular formula is C17H25FN2O2. The summed E-state index contributed by atoms with van der Waals surface area (Å²) in [5.41, 5.74) is 0. The highest BCUT2D eigenvalue weighted by Crippen LogP contribution is 2.24. The average molecular weight is 308 g/mol. The molecule has 2 rings (SSSR count). The Bertz CT molecular complexity index is 475. The summed E-state index contributed by atoms with van der Waals surface area (Å²) in [5.74, 6) is 1.27. The molecule has 0 radical (unpaired) electrons. The number of hydrogen-bond donors (Lipinski definition) is 2. The molecule has 22 heavy (non-hydrogen) atoms. The van der Waals surface area contributed by atoms with Crippen molar-refractivity contribution in [3.8, 4) is 5.75 Å². The van der Waals surface area contributed by atoms with Gasteiger partial charge in [0.15, 0.2) is 0 Å². The molecular weight excluding hydrogens is 283 g/mol. The van der Waals surface area contributed by atoms with Gasteiger partial charge in [-0.25, -0.2) is 4.39 Å². The van der Waals surface area contributed by atoms with Gasteiger partial charge in [0, 0.05) is 12.5 Å². The van der Waals surface area contributed by atoms with E-state index in [1.54, 1.807) is 12.1 Å². The fourth-order valence-corrected chi connectivity index (χ4v) is 2.86. The van der Waals surface area contributed by atoms with Gasteiger partial charge in [0.25, 0.3) is 0 Å². The molecule has 1 aliphatic rings. The number of rotatable bonds is 7. The van der Waals surface area contributed by atoms with Gasteiger partial charge in [-0.15, -0.1) is 0 Å². The van der Waals surface area contributed by atoms with E-state index >= 15 is 0 Å². The lowest BCUT2D eigenvalue weighted by atomic mass is 9.84. The lowest BCUT2D eigenvalue weighted by Gasteiger charge is -2.27. The molecule has 1 aromatic carbocycles. The Hall–Kier alpha value is -1.62. The topological polar surface area (TPSA) is 50.4 Å². The fraction of sp³-hybridized carbons (Fsp3) is 0.588. The van der Waals surface area contributed by atoms with E-state index in [2.05, 4.69) is 17.6 Å². The fourth-order valence-electron chi connectivity index (χ4n) is 2.86. The summed E-state index contributed by atoms with van der Waals surface area (Å²) in [6.45, 7) is 5.04. The van der Waals surface area contributed by atoms with E-state index in [9.17, 15) is 9.18 Å². The van der Waals surface area contributed by atoms with Crippen LogP contribution < -0.4 is 15.4 Å². The van der Waals surface area contributed by atoms with Crippen LogP contribution in [0.2, 0.25) is 0 Å². The van der Waals surface area contributed by atoms with Crippen LogP contribution in [0, 0.1) is 17.7 Å². The van der Waals surface area contributed by atoms with Gasteiger partial charge in [0.1, 0.15) is 18.2 Å². The maximum Gasteiger partial charge on any atom is 0.220 e. The van der Waals surface area contributed by atoms with Crippen molar-refractivity contribution < 1.29 is 13.9 Å². The predicted octanol–water partition coefficient (Wildman–Crippen LogP) is 2.35. The number of piperidine rings is 1. The SMILES string of the molecule is CC(CC(=O)NCCOc1cccc(F)c1)C1CCNCC1. The van der Waals surface area contributed by atoms with Gasteiger partial charge in [-0.3, -0.25) is 4.79 Å². The van der Waals surface area contributed by atoms with Crippen molar-refractivity contribution in [3.05, 3.63) is 30.1 Å². The van der Waals surface area contributed by atoms with Crippen LogP contribution in [0.4, 0.5) is 4.39 Å². The van der Waals surface area contributed by atoms with Crippen molar-refractivity contribution in [1.82, 2.24) is 10.6 Å². The Kier molecular flexibility index (Phi) is 6.65. The number of amides is 1. The summed E-state index contributed by atoms with van der Waals surface area (Å²) in [4.78, 5) is 11.9. The molecule has 1 aromatic rings. The van der Waals surface area contributed by atoms with Crippen LogP contribution in [0.1, 0.15) is 26.2 Å². The minimum Gasteiger partial charge on any atom is -0.492 e. The summed E-state index contributed by atoms with van der Waals surface area (Å²) < 4.78 is 18.4. The summed E-state index contributed by atoms with van der Waals surface area (Å²) in [6.07, 6.45) is 2.86. The van der Waals surface area contributed by atoms with Crippen molar-refractivity contribution in [3.63, 3.8) is 0 Å². The molecule has 0 aliphatic carbocycles. The number of carbonyl (C=O) groups is 1. The van der Waals surface area contributed by atoms with Crippen LogP contribution in [-0.2, 0) is 4.79 Å². The molecule has 1 aliphatic heterocycles. The molecule has 2 N–H and O–H groups in total. The first-order valence-electron chi connectivity index (χ1n) is 8.01. The third-order valence-electron chi connectivity index (χ3n) is 4.18. The minimum absolute atomic E-state index is 0.0638. The van der Waals surface area contributed by atoms with E-state index in [4.69, 9.17) is 4.74 Å². The molecule has 1 fully saturated rings. The minimum atomic E-state index is -0.322. The number of carbonyl (C=O) groups excluding carboxylic acids is 1. The Morgan fingerprint density at radius 2 is 2.23 bits per heavy atom. The number of nitrogens with one attached hydrogen (secondary N) is 2. The summed E-state index contributed by atoms with van der Waals surface area (Å²) in [6, 6.07) is 6.01. The molecule has 1 heterocycles. The molecule has 122 valence electrons. The van der Waals surface area contributed by atoms with Crippen molar-refractivity contribution >= 4 is 5.91 Å². The zero-order valence-corrected chi connectivity index (χ0v) is 13.1. The van der Waals surface area contributed by atoms with Gasteiger partial charge in [0.05, 0.1) is 6.54 Å². The summed E-state index contributed by atoms with van der Waals surface area (Å²) in [5, 5.41) is 6.20. The monoisotopic (exact) mass is 308 g/mol. The maximum atomic E-state index is 13.0. The molecule has 0 bridgehead atoms. The highest BCUT2D eigenvalue weighted by Gasteiger charge is 2.21. The largest absolute Gasteiger partial charge is 0.492 e. The van der Waals surface area contributed by atoms with Gasteiger partial charge in [-0.1, -0.05) is 13.0 Å². The number of halogens is 1. The quantitative estimate of drug-likeness (QED) is 0.760. The molecule has 0 spiro atoms. The number of ether oxygens (including phenoxy) is 1. The van der Waals surface area contributed by atoms with Crippen LogP contribution in [-0.4, -0.2) is 32.1 Å². The first kappa shape index (κ1) is 16.7.